The van der Waals surface area contributed by atoms with Crippen molar-refractivity contribution in [2.75, 3.05) is 32.5 Å². The molecule has 4 rings (SSSR count). The van der Waals surface area contributed by atoms with Gasteiger partial charge in [0.25, 0.3) is 0 Å². The topological polar surface area (TPSA) is 105 Å². The fourth-order valence-corrected chi connectivity index (χ4v) is 4.96. The monoisotopic (exact) mass is 589 g/mol. The molecule has 3 aromatic rings. The third-order valence-electron chi connectivity index (χ3n) is 5.54. The van der Waals surface area contributed by atoms with Crippen LogP contribution in [0.15, 0.2) is 35.5 Å². The van der Waals surface area contributed by atoms with E-state index in [0.717, 1.165) is 5.01 Å². The summed E-state index contributed by atoms with van der Waals surface area (Å²) in [5, 5.41) is 4.35. The minimum absolute atomic E-state index is 0.0135. The Bertz CT molecular complexity index is 1380. The Morgan fingerprint density at radius 1 is 1.27 bits per heavy atom. The van der Waals surface area contributed by atoms with Gasteiger partial charge in [0.1, 0.15) is 22.4 Å². The van der Waals surface area contributed by atoms with Gasteiger partial charge in [0.2, 0.25) is 11.8 Å². The predicted octanol–water partition coefficient (Wildman–Crippen LogP) is 6.34. The number of aliphatic imine (C=N–C) groups is 1. The van der Waals surface area contributed by atoms with E-state index in [-0.39, 0.29) is 19.5 Å². The zero-order valence-corrected chi connectivity index (χ0v) is 24.9. The molecule has 1 fully saturated rings. The summed E-state index contributed by atoms with van der Waals surface area (Å²) in [7, 11) is 3.77. The molecule has 40 heavy (non-hydrogen) atoms. The Kier molecular flexibility index (Phi) is 9.09. The van der Waals surface area contributed by atoms with Crippen LogP contribution in [0.4, 0.5) is 20.8 Å². The smallest absolute Gasteiger partial charge is 0.410 e. The van der Waals surface area contributed by atoms with E-state index in [1.165, 1.54) is 16.2 Å². The maximum atomic E-state index is 14.5. The van der Waals surface area contributed by atoms with Gasteiger partial charge in [-0.05, 0) is 52.0 Å². The summed E-state index contributed by atoms with van der Waals surface area (Å²) in [6, 6.07) is 6.61. The van der Waals surface area contributed by atoms with Gasteiger partial charge in [-0.25, -0.2) is 29.1 Å². The van der Waals surface area contributed by atoms with E-state index in [9.17, 15) is 9.18 Å². The number of aryl methyl sites for hydroxylation is 1. The molecular formula is C27H33ClFN7O3S. The average molecular weight is 590 g/mol. The standard InChI is InChI=1S/C27H33ClFN7O3S/c1-16-32-24(38-22-8-7-18(12-20(22)28)31-15-35(5)6)23(40-16)21-9-10-30-25(34-21)33-19-11-17(29)13-36(14-19)26(37)39-27(2,3)4/h7-10,12,15,17,19H,11,13-14H2,1-6H3,(H,30,33,34)/t17-,19-/m0/s1. The highest BCUT2D eigenvalue weighted by Gasteiger charge is 2.33. The summed E-state index contributed by atoms with van der Waals surface area (Å²) in [6.45, 7) is 7.46. The summed E-state index contributed by atoms with van der Waals surface area (Å²) in [4.78, 5) is 34.3. The number of likely N-dealkylation sites (tertiary alicyclic amines) is 1. The maximum absolute atomic E-state index is 14.5. The molecule has 2 atom stereocenters. The minimum atomic E-state index is -1.20. The molecule has 2 aromatic heterocycles. The quantitative estimate of drug-likeness (QED) is 0.252. The lowest BCUT2D eigenvalue weighted by Gasteiger charge is -2.36. The second-order valence-corrected chi connectivity index (χ2v) is 12.2. The van der Waals surface area contributed by atoms with Crippen LogP contribution in [0.3, 0.4) is 0 Å². The SMILES string of the molecule is Cc1nc(Oc2ccc(N=CN(C)C)cc2Cl)c(-c2ccnc(N[C@H]3C[C@H](F)CN(C(=O)OC(C)(C)C)C3)n2)s1. The van der Waals surface area contributed by atoms with Crippen LogP contribution in [-0.4, -0.2) is 82.2 Å². The van der Waals surface area contributed by atoms with E-state index in [1.54, 1.807) is 57.6 Å². The van der Waals surface area contributed by atoms with E-state index >= 15 is 0 Å². The van der Waals surface area contributed by atoms with Crippen LogP contribution in [0.2, 0.25) is 5.02 Å². The Hall–Kier alpha value is -3.51. The van der Waals surface area contributed by atoms with Crippen LogP contribution in [0.1, 0.15) is 32.2 Å². The van der Waals surface area contributed by atoms with Crippen molar-refractivity contribution in [3.05, 3.63) is 40.5 Å². The van der Waals surface area contributed by atoms with E-state index in [1.807, 2.05) is 25.9 Å². The predicted molar refractivity (Wildman–Crippen MR) is 156 cm³/mol. The lowest BCUT2D eigenvalue weighted by atomic mass is 10.0. The van der Waals surface area contributed by atoms with E-state index < -0.39 is 23.9 Å². The van der Waals surface area contributed by atoms with Gasteiger partial charge in [-0.1, -0.05) is 11.6 Å². The zero-order valence-electron chi connectivity index (χ0n) is 23.3. The molecule has 1 aliphatic rings. The number of hydrogen-bond acceptors (Lipinski definition) is 9. The lowest BCUT2D eigenvalue weighted by Crippen LogP contribution is -2.51. The molecule has 1 N–H and O–H groups in total. The first-order chi connectivity index (χ1) is 18.9. The number of nitrogens with zero attached hydrogens (tertiary/aromatic N) is 6. The number of carbonyl (C=O) groups excluding carboxylic acids is 1. The summed E-state index contributed by atoms with van der Waals surface area (Å²) >= 11 is 7.89. The number of nitrogens with one attached hydrogen (secondary N) is 1. The first-order valence-corrected chi connectivity index (χ1v) is 13.9. The van der Waals surface area contributed by atoms with Crippen LogP contribution in [0.5, 0.6) is 11.6 Å². The number of thiazole rings is 1. The van der Waals surface area contributed by atoms with Crippen molar-refractivity contribution < 1.29 is 18.7 Å². The molecule has 1 aromatic carbocycles. The largest absolute Gasteiger partial charge is 0.444 e. The Morgan fingerprint density at radius 3 is 2.75 bits per heavy atom. The van der Waals surface area contributed by atoms with Gasteiger partial charge in [0.05, 0.1) is 34.3 Å². The molecular weight excluding hydrogens is 557 g/mol. The van der Waals surface area contributed by atoms with Crippen LogP contribution in [0.25, 0.3) is 10.6 Å². The van der Waals surface area contributed by atoms with Crippen molar-refractivity contribution in [3.8, 4) is 22.2 Å². The van der Waals surface area contributed by atoms with Crippen LogP contribution < -0.4 is 10.1 Å². The van der Waals surface area contributed by atoms with E-state index in [0.29, 0.717) is 38.9 Å². The second kappa shape index (κ2) is 12.3. The number of benzene rings is 1. The Labute approximate surface area is 242 Å². The molecule has 1 saturated heterocycles. The van der Waals surface area contributed by atoms with Crippen molar-refractivity contribution in [1.29, 1.82) is 0 Å². The number of halogens is 2. The number of alkyl halides is 1. The van der Waals surface area contributed by atoms with Gasteiger partial charge in [0, 0.05) is 39.3 Å². The van der Waals surface area contributed by atoms with Gasteiger partial charge in [-0.3, -0.25) is 0 Å². The second-order valence-electron chi connectivity index (χ2n) is 10.6. The first kappa shape index (κ1) is 29.5. The first-order valence-electron chi connectivity index (χ1n) is 12.7. The molecule has 0 radical (unpaired) electrons. The van der Waals surface area contributed by atoms with Gasteiger partial charge in [-0.2, -0.15) is 0 Å². The highest BCUT2D eigenvalue weighted by molar-refractivity contribution is 7.15. The van der Waals surface area contributed by atoms with Crippen LogP contribution in [0, 0.1) is 6.92 Å². The summed E-state index contributed by atoms with van der Waals surface area (Å²) in [6.07, 6.45) is 1.76. The van der Waals surface area contributed by atoms with Crippen molar-refractivity contribution in [3.63, 3.8) is 0 Å². The molecule has 0 bridgehead atoms. The minimum Gasteiger partial charge on any atom is -0.444 e. The number of piperidine rings is 1. The third kappa shape index (κ3) is 8.01. The van der Waals surface area contributed by atoms with Gasteiger partial charge < -0.3 is 24.6 Å². The number of aromatic nitrogens is 3. The zero-order chi connectivity index (χ0) is 29.0. The van der Waals surface area contributed by atoms with Crippen molar-refractivity contribution in [2.45, 2.75) is 51.9 Å². The molecule has 0 aliphatic carbocycles. The molecule has 1 aliphatic heterocycles. The number of ether oxygens (including phenoxy) is 2. The van der Waals surface area contributed by atoms with Gasteiger partial charge in [-0.15, -0.1) is 11.3 Å². The third-order valence-corrected chi connectivity index (χ3v) is 6.81. The summed E-state index contributed by atoms with van der Waals surface area (Å²) in [5.74, 6) is 1.10. The molecule has 214 valence electrons. The summed E-state index contributed by atoms with van der Waals surface area (Å²) in [5.41, 5.74) is 0.605. The number of rotatable bonds is 7. The Morgan fingerprint density at radius 2 is 2.05 bits per heavy atom. The fourth-order valence-electron chi connectivity index (χ4n) is 3.93. The number of amides is 1. The average Bonchev–Trinajstić information content (AvgIpc) is 3.23. The molecule has 3 heterocycles. The highest BCUT2D eigenvalue weighted by Crippen LogP contribution is 2.40. The van der Waals surface area contributed by atoms with Gasteiger partial charge in [0.15, 0.2) is 0 Å². The number of hydrogen-bond donors (Lipinski definition) is 1. The van der Waals surface area contributed by atoms with Crippen LogP contribution >= 0.6 is 22.9 Å². The highest BCUT2D eigenvalue weighted by atomic mass is 35.5. The Balaban J connectivity index is 1.50. The maximum Gasteiger partial charge on any atom is 0.410 e. The normalized spacial score (nSPS) is 17.6. The van der Waals surface area contributed by atoms with E-state index in [4.69, 9.17) is 21.1 Å². The number of anilines is 1. The van der Waals surface area contributed by atoms with Crippen molar-refractivity contribution in [1.82, 2.24) is 24.8 Å². The lowest BCUT2D eigenvalue weighted by molar-refractivity contribution is 0.0124. The van der Waals surface area contributed by atoms with Crippen LogP contribution in [-0.2, 0) is 4.74 Å². The molecule has 0 saturated carbocycles. The molecule has 0 spiro atoms. The molecule has 10 nitrogen and oxygen atoms in total. The van der Waals surface area contributed by atoms with E-state index in [2.05, 4.69) is 25.3 Å². The van der Waals surface area contributed by atoms with Gasteiger partial charge >= 0.3 is 6.09 Å². The molecule has 0 unspecified atom stereocenters. The number of carbonyl (C=O) groups is 1. The fraction of sp³-hybridized carbons (Fsp3) is 0.444. The molecule has 1 amide bonds. The molecule has 13 heteroatoms. The van der Waals surface area contributed by atoms with Crippen molar-refractivity contribution >= 4 is 47.0 Å². The van der Waals surface area contributed by atoms with Crippen molar-refractivity contribution in [2.24, 2.45) is 4.99 Å². The summed E-state index contributed by atoms with van der Waals surface area (Å²) < 4.78 is 26.1.